The van der Waals surface area contributed by atoms with Crippen LogP contribution in [0.15, 0.2) is 60.7 Å². The van der Waals surface area contributed by atoms with Gasteiger partial charge in [-0.25, -0.2) is 0 Å². The number of hydrogen-bond donors (Lipinski definition) is 4. The number of hydrogen-bond acceptors (Lipinski definition) is 12. The van der Waals surface area contributed by atoms with Crippen LogP contribution in [0.2, 0.25) is 0 Å². The lowest BCUT2D eigenvalue weighted by molar-refractivity contribution is 0.0280. The number of rotatable bonds is 10. The molecule has 16 heteroatoms. The van der Waals surface area contributed by atoms with Gasteiger partial charge in [0.25, 0.3) is 0 Å². The van der Waals surface area contributed by atoms with Crippen LogP contribution in [0.25, 0.3) is 0 Å². The van der Waals surface area contributed by atoms with Gasteiger partial charge < -0.3 is 31.3 Å². The molecule has 3 aromatic carbocycles. The van der Waals surface area contributed by atoms with Crippen LogP contribution in [0.3, 0.4) is 0 Å². The van der Waals surface area contributed by atoms with Crippen LogP contribution in [0, 0.1) is 20.8 Å². The Hall–Kier alpha value is -2.30. The van der Waals surface area contributed by atoms with Crippen molar-refractivity contribution in [3.8, 4) is 0 Å². The van der Waals surface area contributed by atoms with Gasteiger partial charge in [0.05, 0.1) is 21.5 Å². The van der Waals surface area contributed by atoms with Crippen LogP contribution in [0.5, 0.6) is 0 Å². The molecule has 0 heterocycles. The maximum absolute atomic E-state index is 11.0. The SMILES string of the molecule is [O-]N([O-])c1ccc(C(Cl)C(Cl)c2ccc(C(Cl)C(Cl)c3ccc(N([O-])[O-])cc3N(O)O)cc2)c(N(O)O)c1. The standard InChI is InChI=1S/C22H18Cl4N4O8/c23-19(21(25)15-7-5-13(27(31)32)9-17(15)29(35)36)11-1-2-12(4-3-11)20(24)22(26)16-8-6-14(28(33)34)10-18(16)30(37)38/h1-10,19-22,35-38H/q-4. The monoisotopic (exact) mass is 606 g/mol. The third-order valence-corrected chi connectivity index (χ3v) is 7.80. The molecule has 0 aliphatic heterocycles. The van der Waals surface area contributed by atoms with Gasteiger partial charge in [-0.2, -0.15) is 0 Å². The predicted molar refractivity (Wildman–Crippen MR) is 144 cm³/mol. The van der Waals surface area contributed by atoms with Gasteiger partial charge in [-0.05, 0) is 35.4 Å². The Morgan fingerprint density at radius 3 is 1.08 bits per heavy atom. The van der Waals surface area contributed by atoms with Crippen molar-refractivity contribution in [2.45, 2.75) is 21.5 Å². The van der Waals surface area contributed by atoms with E-state index in [9.17, 15) is 41.7 Å². The van der Waals surface area contributed by atoms with Crippen LogP contribution in [-0.4, -0.2) is 20.8 Å². The van der Waals surface area contributed by atoms with E-state index in [1.807, 2.05) is 0 Å². The predicted octanol–water partition coefficient (Wildman–Crippen LogP) is 6.98. The number of nitrogens with zero attached hydrogens (tertiary/aromatic N) is 4. The van der Waals surface area contributed by atoms with Crippen molar-refractivity contribution >= 4 is 69.2 Å². The van der Waals surface area contributed by atoms with Crippen molar-refractivity contribution in [2.24, 2.45) is 0 Å². The van der Waals surface area contributed by atoms with Crippen molar-refractivity contribution < 1.29 is 20.8 Å². The molecule has 0 aromatic heterocycles. The third-order valence-electron chi connectivity index (χ3n) is 5.56. The highest BCUT2D eigenvalue weighted by molar-refractivity contribution is 6.31. The quantitative estimate of drug-likeness (QED) is 0.137. The molecule has 0 saturated carbocycles. The van der Waals surface area contributed by atoms with Gasteiger partial charge in [0.15, 0.2) is 0 Å². The van der Waals surface area contributed by atoms with Gasteiger partial charge in [0, 0.05) is 22.5 Å². The molecular weight excluding hydrogens is 590 g/mol. The molecule has 4 unspecified atom stereocenters. The van der Waals surface area contributed by atoms with Crippen LogP contribution in [0.1, 0.15) is 43.8 Å². The molecule has 0 fully saturated rings. The zero-order chi connectivity index (χ0) is 28.3. The second-order valence-electron chi connectivity index (χ2n) is 7.85. The van der Waals surface area contributed by atoms with Crippen LogP contribution >= 0.6 is 46.4 Å². The van der Waals surface area contributed by atoms with Crippen molar-refractivity contribution in [1.82, 2.24) is 0 Å². The first-order chi connectivity index (χ1) is 17.8. The molecule has 12 nitrogen and oxygen atoms in total. The molecule has 206 valence electrons. The van der Waals surface area contributed by atoms with Crippen molar-refractivity contribution in [1.29, 1.82) is 0 Å². The lowest BCUT2D eigenvalue weighted by atomic mass is 9.97. The van der Waals surface area contributed by atoms with E-state index in [4.69, 9.17) is 46.4 Å². The summed E-state index contributed by atoms with van der Waals surface area (Å²) in [5, 5.41) is 76.3. The molecule has 3 rings (SSSR count). The first-order valence-corrected chi connectivity index (χ1v) is 12.2. The summed E-state index contributed by atoms with van der Waals surface area (Å²) in [7, 11) is 0. The molecular formula is C22H18Cl4N4O8-4. The molecule has 0 aliphatic rings. The fourth-order valence-electron chi connectivity index (χ4n) is 3.62. The van der Waals surface area contributed by atoms with Gasteiger partial charge in [0.2, 0.25) is 0 Å². The second kappa shape index (κ2) is 12.7. The molecule has 0 aliphatic carbocycles. The third kappa shape index (κ3) is 6.63. The molecule has 4 N–H and O–H groups in total. The topological polar surface area (TPSA) is 186 Å². The minimum absolute atomic E-state index is 0.116. The van der Waals surface area contributed by atoms with Gasteiger partial charge in [-0.1, -0.05) is 36.4 Å². The van der Waals surface area contributed by atoms with E-state index < -0.39 is 32.0 Å². The molecule has 0 saturated heterocycles. The van der Waals surface area contributed by atoms with E-state index in [1.165, 1.54) is 12.1 Å². The maximum atomic E-state index is 11.0. The van der Waals surface area contributed by atoms with Crippen LogP contribution in [-0.2, 0) is 0 Å². The largest absolute Gasteiger partial charge is 0.769 e. The summed E-state index contributed by atoms with van der Waals surface area (Å²) in [5.74, 6) is 0. The average Bonchev–Trinajstić information content (AvgIpc) is 2.90. The molecule has 0 spiro atoms. The highest BCUT2D eigenvalue weighted by atomic mass is 35.5. The summed E-state index contributed by atoms with van der Waals surface area (Å²) in [6, 6.07) is 13.0. The lowest BCUT2D eigenvalue weighted by Gasteiger charge is -2.38. The Bertz CT molecular complexity index is 1140. The fraction of sp³-hybridized carbons (Fsp3) is 0.182. The molecule has 3 aromatic rings. The zero-order valence-electron chi connectivity index (χ0n) is 18.8. The number of anilines is 4. The van der Waals surface area contributed by atoms with Crippen molar-refractivity contribution in [2.75, 3.05) is 20.9 Å². The first-order valence-electron chi connectivity index (χ1n) is 10.4. The minimum atomic E-state index is -1.05. The Kier molecular flexibility index (Phi) is 10.1. The minimum Gasteiger partial charge on any atom is -0.769 e. The Balaban J connectivity index is 1.84. The molecule has 4 atom stereocenters. The van der Waals surface area contributed by atoms with Gasteiger partial charge in [-0.15, -0.1) is 56.9 Å². The van der Waals surface area contributed by atoms with Crippen molar-refractivity contribution in [3.63, 3.8) is 0 Å². The van der Waals surface area contributed by atoms with Crippen LogP contribution in [0.4, 0.5) is 22.7 Å². The van der Waals surface area contributed by atoms with E-state index >= 15 is 0 Å². The van der Waals surface area contributed by atoms with E-state index in [0.717, 1.165) is 24.3 Å². The molecule has 0 bridgehead atoms. The van der Waals surface area contributed by atoms with Gasteiger partial charge in [-0.3, -0.25) is 20.8 Å². The molecule has 38 heavy (non-hydrogen) atoms. The van der Waals surface area contributed by atoms with E-state index in [1.54, 1.807) is 24.3 Å². The smallest absolute Gasteiger partial charge is 0.101 e. The normalized spacial score (nSPS) is 14.4. The van der Waals surface area contributed by atoms with Crippen molar-refractivity contribution in [3.05, 3.63) is 104 Å². The summed E-state index contributed by atoms with van der Waals surface area (Å²) in [6.45, 7) is 0. The summed E-state index contributed by atoms with van der Waals surface area (Å²) in [6.07, 6.45) is 0. The Morgan fingerprint density at radius 2 is 0.816 bits per heavy atom. The van der Waals surface area contributed by atoms with Crippen LogP contribution < -0.4 is 20.9 Å². The summed E-state index contributed by atoms with van der Waals surface area (Å²) < 4.78 is 0. The summed E-state index contributed by atoms with van der Waals surface area (Å²) in [5.41, 5.74) is -0.212. The highest BCUT2D eigenvalue weighted by Gasteiger charge is 2.27. The number of alkyl halides is 4. The zero-order valence-corrected chi connectivity index (χ0v) is 21.8. The molecule has 0 radical (unpaired) electrons. The van der Waals surface area contributed by atoms with E-state index in [0.29, 0.717) is 11.1 Å². The van der Waals surface area contributed by atoms with Gasteiger partial charge in [0.1, 0.15) is 11.4 Å². The number of halogens is 4. The fourth-order valence-corrected chi connectivity index (χ4v) is 4.84. The van der Waals surface area contributed by atoms with E-state index in [2.05, 4.69) is 0 Å². The number of benzene rings is 3. The summed E-state index contributed by atoms with van der Waals surface area (Å²) >= 11 is 26.0. The van der Waals surface area contributed by atoms with E-state index in [-0.39, 0.29) is 44.3 Å². The first kappa shape index (κ1) is 30.2. The highest BCUT2D eigenvalue weighted by Crippen LogP contribution is 2.46. The molecule has 0 amide bonds. The Morgan fingerprint density at radius 1 is 0.500 bits per heavy atom. The Labute approximate surface area is 235 Å². The second-order valence-corrected chi connectivity index (χ2v) is 9.73. The lowest BCUT2D eigenvalue weighted by Crippen LogP contribution is -2.16. The van der Waals surface area contributed by atoms with Gasteiger partial charge >= 0.3 is 0 Å². The summed E-state index contributed by atoms with van der Waals surface area (Å²) in [4.78, 5) is 0. The average molecular weight is 608 g/mol. The maximum Gasteiger partial charge on any atom is 0.101 e.